The fourth-order valence-electron chi connectivity index (χ4n) is 5.00. The second kappa shape index (κ2) is 3.04. The van der Waals surface area contributed by atoms with Crippen molar-refractivity contribution in [2.45, 2.75) is 44.1 Å². The van der Waals surface area contributed by atoms with Crippen LogP contribution in [-0.2, 0) is 4.74 Å². The zero-order valence-corrected chi connectivity index (χ0v) is 9.69. The van der Waals surface area contributed by atoms with Crippen molar-refractivity contribution < 1.29 is 9.84 Å². The van der Waals surface area contributed by atoms with Crippen molar-refractivity contribution in [2.75, 3.05) is 6.61 Å². The molecule has 0 aromatic rings. The standard InChI is InChI=1S/C14H20O2/c15-14(13-2-1-3-16-13)11-5-9-4-10(7-11)8-12(14)6-9/h2,9-12,15H,1,3-8H2. The van der Waals surface area contributed by atoms with Gasteiger partial charge < -0.3 is 9.84 Å². The molecule has 0 spiro atoms. The van der Waals surface area contributed by atoms with Gasteiger partial charge in [0.2, 0.25) is 0 Å². The maximum atomic E-state index is 11.1. The van der Waals surface area contributed by atoms with Gasteiger partial charge in [0.1, 0.15) is 11.4 Å². The van der Waals surface area contributed by atoms with Gasteiger partial charge in [-0.2, -0.15) is 0 Å². The molecule has 4 bridgehead atoms. The van der Waals surface area contributed by atoms with Crippen LogP contribution in [0.15, 0.2) is 11.8 Å². The van der Waals surface area contributed by atoms with Crippen molar-refractivity contribution in [1.82, 2.24) is 0 Å². The zero-order chi connectivity index (χ0) is 10.8. The monoisotopic (exact) mass is 220 g/mol. The third-order valence-electron chi connectivity index (χ3n) is 5.48. The summed E-state index contributed by atoms with van der Waals surface area (Å²) in [6, 6.07) is 0. The molecule has 2 nitrogen and oxygen atoms in total. The van der Waals surface area contributed by atoms with Crippen molar-refractivity contribution in [3.05, 3.63) is 11.8 Å². The highest BCUT2D eigenvalue weighted by Crippen LogP contribution is 2.60. The molecule has 88 valence electrons. The summed E-state index contributed by atoms with van der Waals surface area (Å²) in [5.41, 5.74) is -0.579. The van der Waals surface area contributed by atoms with Gasteiger partial charge in [-0.15, -0.1) is 0 Å². The maximum Gasteiger partial charge on any atom is 0.127 e. The Kier molecular flexibility index (Phi) is 1.81. The van der Waals surface area contributed by atoms with Crippen LogP contribution in [-0.4, -0.2) is 17.3 Å². The number of ether oxygens (including phenoxy) is 1. The van der Waals surface area contributed by atoms with Crippen molar-refractivity contribution in [1.29, 1.82) is 0 Å². The van der Waals surface area contributed by atoms with E-state index in [2.05, 4.69) is 6.08 Å². The molecule has 0 aromatic heterocycles. The van der Waals surface area contributed by atoms with E-state index in [0.717, 1.165) is 30.6 Å². The number of rotatable bonds is 1. The van der Waals surface area contributed by atoms with Gasteiger partial charge in [-0.3, -0.25) is 0 Å². The lowest BCUT2D eigenvalue weighted by Gasteiger charge is -2.58. The van der Waals surface area contributed by atoms with Gasteiger partial charge in [-0.25, -0.2) is 0 Å². The summed E-state index contributed by atoms with van der Waals surface area (Å²) in [5, 5.41) is 11.1. The van der Waals surface area contributed by atoms with E-state index >= 15 is 0 Å². The molecule has 16 heavy (non-hydrogen) atoms. The SMILES string of the molecule is OC1(C2=CCCO2)C2CC3CC(C2)CC1C3. The lowest BCUT2D eigenvalue weighted by Crippen LogP contribution is -2.58. The van der Waals surface area contributed by atoms with Gasteiger partial charge in [0.05, 0.1) is 6.61 Å². The number of hydrogen-bond donors (Lipinski definition) is 1. The molecular weight excluding hydrogens is 200 g/mol. The molecule has 2 heteroatoms. The molecule has 1 N–H and O–H groups in total. The summed E-state index contributed by atoms with van der Waals surface area (Å²) in [4.78, 5) is 0. The van der Waals surface area contributed by atoms with Crippen LogP contribution in [0, 0.1) is 23.7 Å². The highest BCUT2D eigenvalue weighted by Gasteiger charge is 2.59. The molecule has 4 saturated carbocycles. The van der Waals surface area contributed by atoms with E-state index in [9.17, 15) is 5.11 Å². The molecular formula is C14H20O2. The third-order valence-corrected chi connectivity index (χ3v) is 5.48. The van der Waals surface area contributed by atoms with E-state index in [4.69, 9.17) is 4.74 Å². The minimum Gasteiger partial charge on any atom is -0.495 e. The van der Waals surface area contributed by atoms with Gasteiger partial charge in [0.15, 0.2) is 0 Å². The third kappa shape index (κ3) is 1.07. The highest BCUT2D eigenvalue weighted by atomic mass is 16.5. The molecule has 4 fully saturated rings. The van der Waals surface area contributed by atoms with Crippen LogP contribution < -0.4 is 0 Å². The van der Waals surface area contributed by atoms with Crippen LogP contribution in [0.25, 0.3) is 0 Å². The summed E-state index contributed by atoms with van der Waals surface area (Å²) >= 11 is 0. The van der Waals surface area contributed by atoms with Crippen LogP contribution in [0.3, 0.4) is 0 Å². The predicted molar refractivity (Wildman–Crippen MR) is 60.6 cm³/mol. The average molecular weight is 220 g/mol. The summed E-state index contributed by atoms with van der Waals surface area (Å²) in [6.07, 6.45) is 9.53. The Morgan fingerprint density at radius 1 is 1.06 bits per heavy atom. The summed E-state index contributed by atoms with van der Waals surface area (Å²) in [7, 11) is 0. The Morgan fingerprint density at radius 3 is 2.19 bits per heavy atom. The molecule has 0 unspecified atom stereocenters. The fourth-order valence-corrected chi connectivity index (χ4v) is 5.00. The molecule has 5 aliphatic rings. The van der Waals surface area contributed by atoms with Gasteiger partial charge in [-0.05, 0) is 61.9 Å². The second-order valence-corrected chi connectivity index (χ2v) is 6.34. The van der Waals surface area contributed by atoms with Gasteiger partial charge in [0.25, 0.3) is 0 Å². The Hall–Kier alpha value is -0.500. The summed E-state index contributed by atoms with van der Waals surface area (Å²) in [6.45, 7) is 0.782. The molecule has 0 atom stereocenters. The van der Waals surface area contributed by atoms with Crippen molar-refractivity contribution >= 4 is 0 Å². The van der Waals surface area contributed by atoms with Gasteiger partial charge in [0, 0.05) is 6.42 Å². The second-order valence-electron chi connectivity index (χ2n) is 6.34. The first-order valence-electron chi connectivity index (χ1n) is 6.82. The van der Waals surface area contributed by atoms with E-state index in [1.807, 2.05) is 0 Å². The Labute approximate surface area is 96.7 Å². The lowest BCUT2D eigenvalue weighted by molar-refractivity contribution is -0.168. The van der Waals surface area contributed by atoms with Crippen LogP contribution in [0.1, 0.15) is 38.5 Å². The van der Waals surface area contributed by atoms with Crippen LogP contribution in [0.5, 0.6) is 0 Å². The number of hydrogen-bond acceptors (Lipinski definition) is 2. The van der Waals surface area contributed by atoms with Crippen molar-refractivity contribution in [3.63, 3.8) is 0 Å². The largest absolute Gasteiger partial charge is 0.495 e. The maximum absolute atomic E-state index is 11.1. The fraction of sp³-hybridized carbons (Fsp3) is 0.857. The Balaban J connectivity index is 1.73. The molecule has 1 heterocycles. The Bertz CT molecular complexity index is 317. The molecule has 0 saturated heterocycles. The molecule has 5 rings (SSSR count). The zero-order valence-electron chi connectivity index (χ0n) is 9.69. The summed E-state index contributed by atoms with van der Waals surface area (Å²) in [5.74, 6) is 3.73. The highest BCUT2D eigenvalue weighted by molar-refractivity contribution is 5.22. The van der Waals surface area contributed by atoms with Gasteiger partial charge >= 0.3 is 0 Å². The van der Waals surface area contributed by atoms with E-state index < -0.39 is 5.60 Å². The molecule has 0 aromatic carbocycles. The predicted octanol–water partition coefficient (Wildman–Crippen LogP) is 2.48. The van der Waals surface area contributed by atoms with Gasteiger partial charge in [-0.1, -0.05) is 0 Å². The topological polar surface area (TPSA) is 29.5 Å². The minimum atomic E-state index is -0.579. The van der Waals surface area contributed by atoms with Crippen LogP contribution in [0.4, 0.5) is 0 Å². The first kappa shape index (κ1) is 9.52. The normalized spacial score (nSPS) is 53.9. The quantitative estimate of drug-likeness (QED) is 0.735. The minimum absolute atomic E-state index is 0.494. The summed E-state index contributed by atoms with van der Waals surface area (Å²) < 4.78 is 5.69. The van der Waals surface area contributed by atoms with Crippen LogP contribution >= 0.6 is 0 Å². The first-order chi connectivity index (χ1) is 7.77. The van der Waals surface area contributed by atoms with E-state index in [1.54, 1.807) is 0 Å². The first-order valence-corrected chi connectivity index (χ1v) is 6.82. The number of aliphatic hydroxyl groups is 1. The molecule has 4 aliphatic carbocycles. The van der Waals surface area contributed by atoms with Crippen LogP contribution in [0.2, 0.25) is 0 Å². The molecule has 1 aliphatic heterocycles. The van der Waals surface area contributed by atoms with E-state index in [-0.39, 0.29) is 0 Å². The molecule has 0 amide bonds. The smallest absolute Gasteiger partial charge is 0.127 e. The lowest BCUT2D eigenvalue weighted by atomic mass is 9.49. The van der Waals surface area contributed by atoms with E-state index in [1.165, 1.54) is 32.1 Å². The Morgan fingerprint density at radius 2 is 1.69 bits per heavy atom. The van der Waals surface area contributed by atoms with Crippen molar-refractivity contribution in [2.24, 2.45) is 23.7 Å². The average Bonchev–Trinajstić information content (AvgIpc) is 2.78. The van der Waals surface area contributed by atoms with Crippen molar-refractivity contribution in [3.8, 4) is 0 Å². The molecule has 0 radical (unpaired) electrons. The van der Waals surface area contributed by atoms with E-state index in [0.29, 0.717) is 11.8 Å².